The Hall–Kier alpha value is -4.97. The summed E-state index contributed by atoms with van der Waals surface area (Å²) in [4.78, 5) is 9.11. The molecule has 2 aromatic heterocycles. The maximum atomic E-state index is 6.44. The Balaban J connectivity index is 1.23. The molecule has 1 aliphatic heterocycles. The van der Waals surface area contributed by atoms with E-state index < -0.39 is 0 Å². The van der Waals surface area contributed by atoms with Gasteiger partial charge in [0.05, 0.1) is 17.7 Å². The average Bonchev–Trinajstić information content (AvgIpc) is 3.64. The average molecular weight is 499 g/mol. The summed E-state index contributed by atoms with van der Waals surface area (Å²) in [6, 6.07) is 32.8. The van der Waals surface area contributed by atoms with Crippen molar-refractivity contribution in [3.63, 3.8) is 0 Å². The first-order valence-electron chi connectivity index (χ1n) is 12.6. The molecule has 3 heterocycles. The van der Waals surface area contributed by atoms with Crippen molar-refractivity contribution in [3.05, 3.63) is 115 Å². The molecule has 6 aromatic rings. The smallest absolute Gasteiger partial charge is 0.229 e. The highest BCUT2D eigenvalue weighted by Crippen LogP contribution is 2.35. The highest BCUT2D eigenvalue weighted by molar-refractivity contribution is 6.09. The van der Waals surface area contributed by atoms with Gasteiger partial charge in [0.25, 0.3) is 0 Å². The van der Waals surface area contributed by atoms with E-state index in [1.165, 1.54) is 10.8 Å². The molecule has 0 aliphatic carbocycles. The van der Waals surface area contributed by atoms with Crippen LogP contribution in [0.25, 0.3) is 39.1 Å². The third-order valence-electron chi connectivity index (χ3n) is 6.90. The van der Waals surface area contributed by atoms with E-state index in [2.05, 4.69) is 88.4 Å². The number of ether oxygens (including phenoxy) is 1. The number of para-hydroxylation sites is 2. The fourth-order valence-electron chi connectivity index (χ4n) is 5.11. The van der Waals surface area contributed by atoms with Gasteiger partial charge in [-0.2, -0.15) is 0 Å². The second-order valence-electron chi connectivity index (χ2n) is 9.57. The molecule has 1 aliphatic rings. The molecule has 0 amide bonds. The van der Waals surface area contributed by atoms with Crippen LogP contribution in [0.5, 0.6) is 11.5 Å². The minimum absolute atomic E-state index is 0.559. The van der Waals surface area contributed by atoms with Gasteiger partial charge in [-0.25, -0.2) is 4.98 Å². The normalized spacial score (nSPS) is 13.2. The second kappa shape index (κ2) is 8.85. The number of hydrogen-bond acceptors (Lipinski definition) is 5. The molecule has 4 aromatic carbocycles. The summed E-state index contributed by atoms with van der Waals surface area (Å²) < 4.78 is 14.9. The van der Waals surface area contributed by atoms with Crippen molar-refractivity contribution in [2.45, 2.75) is 6.92 Å². The number of aryl methyl sites for hydroxylation is 1. The molecule has 38 heavy (non-hydrogen) atoms. The Morgan fingerprint density at radius 3 is 2.16 bits per heavy atom. The largest absolute Gasteiger partial charge is 0.457 e. The van der Waals surface area contributed by atoms with Crippen molar-refractivity contribution in [2.75, 3.05) is 18.6 Å². The first-order chi connectivity index (χ1) is 18.6. The van der Waals surface area contributed by atoms with E-state index in [-0.39, 0.29) is 0 Å². The molecule has 0 spiro atoms. The van der Waals surface area contributed by atoms with Gasteiger partial charge >= 0.3 is 0 Å². The number of fused-ring (bicyclic) bond motifs is 3. The zero-order valence-electron chi connectivity index (χ0n) is 21.2. The molecule has 0 atom stereocenters. The Bertz CT molecular complexity index is 1780. The molecule has 0 fully saturated rings. The van der Waals surface area contributed by atoms with Crippen molar-refractivity contribution in [1.29, 1.82) is 0 Å². The van der Waals surface area contributed by atoms with E-state index >= 15 is 0 Å². The summed E-state index contributed by atoms with van der Waals surface area (Å²) in [5, 5.41) is 2.38. The molecule has 0 unspecified atom stereocenters. The van der Waals surface area contributed by atoms with Gasteiger partial charge < -0.3 is 19.0 Å². The van der Waals surface area contributed by atoms with E-state index in [1.807, 2.05) is 49.4 Å². The summed E-state index contributed by atoms with van der Waals surface area (Å²) >= 11 is 0. The molecule has 186 valence electrons. The van der Waals surface area contributed by atoms with Crippen LogP contribution >= 0.6 is 0 Å². The summed E-state index contributed by atoms with van der Waals surface area (Å²) in [7, 11) is 2.05. The van der Waals surface area contributed by atoms with Crippen LogP contribution in [-0.2, 0) is 0 Å². The van der Waals surface area contributed by atoms with Gasteiger partial charge in [-0.15, -0.1) is 0 Å². The first kappa shape index (κ1) is 22.2. The van der Waals surface area contributed by atoms with E-state index in [4.69, 9.17) is 14.1 Å². The zero-order chi connectivity index (χ0) is 25.6. The number of oxazole rings is 1. The highest BCUT2D eigenvalue weighted by atomic mass is 16.5. The quantitative estimate of drug-likeness (QED) is 0.243. The molecule has 0 radical (unpaired) electrons. The lowest BCUT2D eigenvalue weighted by molar-refractivity contribution is 0.480. The molecule has 0 N–H and O–H groups in total. The van der Waals surface area contributed by atoms with Gasteiger partial charge in [0, 0.05) is 47.5 Å². The van der Waals surface area contributed by atoms with Gasteiger partial charge in [0.2, 0.25) is 11.8 Å². The van der Waals surface area contributed by atoms with Crippen LogP contribution < -0.4 is 9.64 Å². The fourth-order valence-corrected chi connectivity index (χ4v) is 5.11. The van der Waals surface area contributed by atoms with Crippen LogP contribution in [0.4, 0.5) is 5.69 Å². The monoisotopic (exact) mass is 498 g/mol. The van der Waals surface area contributed by atoms with Gasteiger partial charge in [-0.3, -0.25) is 4.57 Å². The molecule has 6 heteroatoms. The number of rotatable bonds is 5. The first-order valence-corrected chi connectivity index (χ1v) is 12.6. The molecule has 6 nitrogen and oxygen atoms in total. The molecule has 7 rings (SSSR count). The Labute approximate surface area is 220 Å². The molecular formula is C32H26N4O2. The Morgan fingerprint density at radius 1 is 0.763 bits per heavy atom. The van der Waals surface area contributed by atoms with Crippen molar-refractivity contribution in [2.24, 2.45) is 0 Å². The van der Waals surface area contributed by atoms with E-state index in [0.29, 0.717) is 5.89 Å². The van der Waals surface area contributed by atoms with Crippen LogP contribution in [0.1, 0.15) is 5.69 Å². The third-order valence-corrected chi connectivity index (χ3v) is 6.90. The van der Waals surface area contributed by atoms with Crippen LogP contribution in [0.15, 0.2) is 114 Å². The number of nitrogens with zero attached hydrogens (tertiary/aromatic N) is 4. The summed E-state index contributed by atoms with van der Waals surface area (Å²) in [6.45, 7) is 2.80. The molecule has 0 saturated heterocycles. The van der Waals surface area contributed by atoms with E-state index in [0.717, 1.165) is 52.0 Å². The van der Waals surface area contributed by atoms with E-state index in [1.54, 1.807) is 0 Å². The molecular weight excluding hydrogens is 472 g/mol. The van der Waals surface area contributed by atoms with Gasteiger partial charge in [0.15, 0.2) is 0 Å². The predicted molar refractivity (Wildman–Crippen MR) is 152 cm³/mol. The van der Waals surface area contributed by atoms with Crippen LogP contribution in [0, 0.1) is 6.92 Å². The summed E-state index contributed by atoms with van der Waals surface area (Å²) in [5.41, 5.74) is 4.96. The topological polar surface area (TPSA) is 46.7 Å². The Morgan fingerprint density at radius 2 is 1.45 bits per heavy atom. The maximum absolute atomic E-state index is 6.44. The zero-order valence-corrected chi connectivity index (χ0v) is 21.2. The number of anilines is 1. The van der Waals surface area contributed by atoms with Gasteiger partial charge in [0.1, 0.15) is 17.2 Å². The van der Waals surface area contributed by atoms with Gasteiger partial charge in [-0.1, -0.05) is 48.5 Å². The van der Waals surface area contributed by atoms with Crippen molar-refractivity contribution >= 4 is 27.5 Å². The third kappa shape index (κ3) is 3.78. The van der Waals surface area contributed by atoms with Crippen molar-refractivity contribution in [1.82, 2.24) is 14.5 Å². The minimum atomic E-state index is 0.559. The molecule has 0 saturated carbocycles. The number of aromatic nitrogens is 2. The summed E-state index contributed by atoms with van der Waals surface area (Å²) in [6.07, 6.45) is 4.13. The second-order valence-corrected chi connectivity index (χ2v) is 9.57. The SMILES string of the molecule is Cc1nc(-c2cccc(Oc3cccc(N4C=CN(C)C4)c3)c2)oc1-n1c2ccccc2c2ccccc21. The number of benzene rings is 4. The van der Waals surface area contributed by atoms with E-state index in [9.17, 15) is 0 Å². The lowest BCUT2D eigenvalue weighted by Crippen LogP contribution is -2.21. The van der Waals surface area contributed by atoms with Crippen molar-refractivity contribution < 1.29 is 9.15 Å². The van der Waals surface area contributed by atoms with Crippen LogP contribution in [-0.4, -0.2) is 28.2 Å². The minimum Gasteiger partial charge on any atom is -0.457 e. The lowest BCUT2D eigenvalue weighted by Gasteiger charge is -2.19. The van der Waals surface area contributed by atoms with Crippen LogP contribution in [0.2, 0.25) is 0 Å². The number of hydrogen-bond donors (Lipinski definition) is 0. The summed E-state index contributed by atoms with van der Waals surface area (Å²) in [5.74, 6) is 2.78. The maximum Gasteiger partial charge on any atom is 0.229 e. The van der Waals surface area contributed by atoms with Gasteiger partial charge in [-0.05, 0) is 49.4 Å². The Kier molecular flexibility index (Phi) is 5.18. The fraction of sp³-hybridized carbons (Fsp3) is 0.0938. The van der Waals surface area contributed by atoms with Crippen LogP contribution in [0.3, 0.4) is 0 Å². The highest BCUT2D eigenvalue weighted by Gasteiger charge is 2.19. The standard InChI is InChI=1S/C32H26N4O2/c1-22-32(36-29-15-5-3-13-27(29)28-14-4-6-16-30(28)36)38-31(33-22)23-9-7-11-25(19-23)37-26-12-8-10-24(20-26)35-18-17-34(2)21-35/h3-20H,21H2,1-2H3. The predicted octanol–water partition coefficient (Wildman–Crippen LogP) is 7.72. The molecule has 0 bridgehead atoms. The van der Waals surface area contributed by atoms with Crippen molar-refractivity contribution in [3.8, 4) is 28.8 Å². The lowest BCUT2D eigenvalue weighted by atomic mass is 10.2.